The van der Waals surface area contributed by atoms with Crippen LogP contribution >= 0.6 is 0 Å². The van der Waals surface area contributed by atoms with Crippen LogP contribution in [0.5, 0.6) is 0 Å². The highest BCUT2D eigenvalue weighted by Gasteiger charge is 2.24. The number of hydrogen-bond acceptors (Lipinski definition) is 4. The lowest BCUT2D eigenvalue weighted by molar-refractivity contribution is 0.102. The van der Waals surface area contributed by atoms with Crippen LogP contribution in [0.2, 0.25) is 0 Å². The molecule has 2 aromatic carbocycles. The summed E-state index contributed by atoms with van der Waals surface area (Å²) in [5, 5.41) is 2.52. The third-order valence-electron chi connectivity index (χ3n) is 3.83. The SMILES string of the molecule is C[S@](=O)Cc1cccc(C(=O)Nc2cc(N3CCOC3=O)ccc2F)c1. The summed E-state index contributed by atoms with van der Waals surface area (Å²) in [6, 6.07) is 10.7. The largest absolute Gasteiger partial charge is 0.447 e. The number of nitrogens with one attached hydrogen (secondary N) is 1. The van der Waals surface area contributed by atoms with E-state index in [1.807, 2.05) is 0 Å². The van der Waals surface area contributed by atoms with E-state index in [1.54, 1.807) is 30.5 Å². The Morgan fingerprint density at radius 2 is 2.12 bits per heavy atom. The average Bonchev–Trinajstić information content (AvgIpc) is 3.02. The standard InChI is InChI=1S/C18H17FN2O4S/c1-26(24)11-12-3-2-4-13(9-12)17(22)20-16-10-14(5-6-15(16)19)21-7-8-25-18(21)23/h2-6,9-10H,7-8,11H2,1H3,(H,20,22)/t26-/m0/s1. The second-order valence-electron chi connectivity index (χ2n) is 5.80. The minimum Gasteiger partial charge on any atom is -0.447 e. The van der Waals surface area contributed by atoms with Crippen molar-refractivity contribution < 1.29 is 22.9 Å². The number of amides is 2. The Hall–Kier alpha value is -2.74. The molecule has 1 heterocycles. The van der Waals surface area contributed by atoms with Gasteiger partial charge in [-0.2, -0.15) is 0 Å². The lowest BCUT2D eigenvalue weighted by Gasteiger charge is -2.15. The van der Waals surface area contributed by atoms with Crippen molar-refractivity contribution in [3.05, 3.63) is 59.4 Å². The predicted molar refractivity (Wildman–Crippen MR) is 97.3 cm³/mol. The Bertz CT molecular complexity index is 887. The van der Waals surface area contributed by atoms with Gasteiger partial charge in [0.15, 0.2) is 0 Å². The number of hydrogen-bond donors (Lipinski definition) is 1. The number of nitrogens with zero attached hydrogens (tertiary/aromatic N) is 1. The summed E-state index contributed by atoms with van der Waals surface area (Å²) >= 11 is 0. The summed E-state index contributed by atoms with van der Waals surface area (Å²) in [7, 11) is -1.03. The quantitative estimate of drug-likeness (QED) is 0.871. The maximum atomic E-state index is 14.1. The summed E-state index contributed by atoms with van der Waals surface area (Å²) < 4.78 is 30.3. The number of anilines is 2. The zero-order chi connectivity index (χ0) is 18.7. The maximum Gasteiger partial charge on any atom is 0.414 e. The number of halogens is 1. The van der Waals surface area contributed by atoms with E-state index >= 15 is 0 Å². The molecule has 1 N–H and O–H groups in total. The van der Waals surface area contributed by atoms with Gasteiger partial charge < -0.3 is 10.1 Å². The first-order chi connectivity index (χ1) is 12.4. The van der Waals surface area contributed by atoms with E-state index in [4.69, 9.17) is 4.74 Å². The number of carbonyl (C=O) groups excluding carboxylic acids is 2. The molecule has 136 valence electrons. The van der Waals surface area contributed by atoms with Crippen LogP contribution < -0.4 is 10.2 Å². The zero-order valence-electron chi connectivity index (χ0n) is 14.0. The van der Waals surface area contributed by atoms with Crippen molar-refractivity contribution in [1.29, 1.82) is 0 Å². The van der Waals surface area contributed by atoms with Crippen molar-refractivity contribution in [1.82, 2.24) is 0 Å². The second-order valence-corrected chi connectivity index (χ2v) is 7.24. The Balaban J connectivity index is 1.81. The normalized spacial score (nSPS) is 14.8. The third kappa shape index (κ3) is 4.08. The summed E-state index contributed by atoms with van der Waals surface area (Å²) in [5.41, 5.74) is 1.50. The number of ether oxygens (including phenoxy) is 1. The number of carbonyl (C=O) groups is 2. The van der Waals surface area contributed by atoms with E-state index in [1.165, 1.54) is 23.1 Å². The minimum atomic E-state index is -1.03. The molecule has 1 aliphatic rings. The van der Waals surface area contributed by atoms with Crippen LogP contribution in [0.4, 0.5) is 20.6 Å². The highest BCUT2D eigenvalue weighted by atomic mass is 32.2. The monoisotopic (exact) mass is 376 g/mol. The maximum absolute atomic E-state index is 14.1. The van der Waals surface area contributed by atoms with Crippen LogP contribution in [0.25, 0.3) is 0 Å². The highest BCUT2D eigenvalue weighted by Crippen LogP contribution is 2.25. The lowest BCUT2D eigenvalue weighted by atomic mass is 10.1. The molecule has 0 saturated carbocycles. The molecular formula is C18H17FN2O4S. The van der Waals surface area contributed by atoms with Crippen molar-refractivity contribution in [2.75, 3.05) is 29.6 Å². The van der Waals surface area contributed by atoms with Crippen molar-refractivity contribution in [2.45, 2.75) is 5.75 Å². The molecule has 0 bridgehead atoms. The summed E-state index contributed by atoms with van der Waals surface area (Å²) in [4.78, 5) is 25.4. The van der Waals surface area contributed by atoms with E-state index in [-0.39, 0.29) is 12.3 Å². The van der Waals surface area contributed by atoms with Crippen molar-refractivity contribution in [2.24, 2.45) is 0 Å². The first kappa shape index (κ1) is 18.1. The fraction of sp³-hybridized carbons (Fsp3) is 0.222. The van der Waals surface area contributed by atoms with Gasteiger partial charge in [0.25, 0.3) is 5.91 Å². The Labute approximate surface area is 152 Å². The third-order valence-corrected chi connectivity index (χ3v) is 4.57. The van der Waals surface area contributed by atoms with Gasteiger partial charge in [-0.1, -0.05) is 12.1 Å². The number of rotatable bonds is 5. The molecule has 3 rings (SSSR count). The lowest BCUT2D eigenvalue weighted by Crippen LogP contribution is -2.23. The van der Waals surface area contributed by atoms with Gasteiger partial charge in [0.1, 0.15) is 12.4 Å². The summed E-state index contributed by atoms with van der Waals surface area (Å²) in [5.74, 6) is -0.767. The van der Waals surface area contributed by atoms with Gasteiger partial charge in [0, 0.05) is 34.1 Å². The van der Waals surface area contributed by atoms with E-state index < -0.39 is 28.6 Å². The molecule has 0 radical (unpaired) electrons. The molecule has 1 saturated heterocycles. The molecule has 0 aliphatic carbocycles. The molecular weight excluding hydrogens is 359 g/mol. The zero-order valence-corrected chi connectivity index (χ0v) is 14.8. The van der Waals surface area contributed by atoms with Gasteiger partial charge in [-0.15, -0.1) is 0 Å². The highest BCUT2D eigenvalue weighted by molar-refractivity contribution is 7.83. The fourth-order valence-electron chi connectivity index (χ4n) is 2.64. The minimum absolute atomic E-state index is 0.0309. The molecule has 8 heteroatoms. The molecule has 1 fully saturated rings. The van der Waals surface area contributed by atoms with Crippen molar-refractivity contribution in [3.8, 4) is 0 Å². The predicted octanol–water partition coefficient (Wildman–Crippen LogP) is 2.91. The average molecular weight is 376 g/mol. The first-order valence-corrected chi connectivity index (χ1v) is 9.61. The van der Waals surface area contributed by atoms with E-state index in [2.05, 4.69) is 5.32 Å². The molecule has 1 atom stereocenters. The van der Waals surface area contributed by atoms with Gasteiger partial charge in [-0.25, -0.2) is 9.18 Å². The molecule has 0 spiro atoms. The smallest absolute Gasteiger partial charge is 0.414 e. The van der Waals surface area contributed by atoms with Crippen LogP contribution in [0.3, 0.4) is 0 Å². The first-order valence-electron chi connectivity index (χ1n) is 7.88. The Morgan fingerprint density at radius 1 is 1.31 bits per heavy atom. The van der Waals surface area contributed by atoms with E-state index in [0.29, 0.717) is 23.5 Å². The Morgan fingerprint density at radius 3 is 2.81 bits per heavy atom. The van der Waals surface area contributed by atoms with Gasteiger partial charge in [0.2, 0.25) is 0 Å². The van der Waals surface area contributed by atoms with Crippen LogP contribution in [0.1, 0.15) is 15.9 Å². The van der Waals surface area contributed by atoms with Crippen LogP contribution in [-0.4, -0.2) is 35.6 Å². The van der Waals surface area contributed by atoms with Gasteiger partial charge >= 0.3 is 6.09 Å². The molecule has 0 aromatic heterocycles. The number of benzene rings is 2. The van der Waals surface area contributed by atoms with Gasteiger partial charge in [0.05, 0.1) is 12.2 Å². The van der Waals surface area contributed by atoms with Crippen LogP contribution in [0, 0.1) is 5.82 Å². The van der Waals surface area contributed by atoms with Crippen LogP contribution in [0.15, 0.2) is 42.5 Å². The molecule has 0 unspecified atom stereocenters. The fourth-order valence-corrected chi connectivity index (χ4v) is 3.29. The van der Waals surface area contributed by atoms with Crippen molar-refractivity contribution >= 4 is 34.2 Å². The topological polar surface area (TPSA) is 75.7 Å². The van der Waals surface area contributed by atoms with E-state index in [0.717, 1.165) is 5.56 Å². The summed E-state index contributed by atoms with van der Waals surface area (Å²) in [6.45, 7) is 0.636. The molecule has 26 heavy (non-hydrogen) atoms. The Kier molecular flexibility index (Phi) is 5.32. The number of cyclic esters (lactones) is 1. The second kappa shape index (κ2) is 7.65. The molecule has 6 nitrogen and oxygen atoms in total. The van der Waals surface area contributed by atoms with Gasteiger partial charge in [-0.3, -0.25) is 13.9 Å². The molecule has 2 aromatic rings. The van der Waals surface area contributed by atoms with Crippen molar-refractivity contribution in [3.63, 3.8) is 0 Å². The molecule has 1 aliphatic heterocycles. The van der Waals surface area contributed by atoms with Gasteiger partial charge in [-0.05, 0) is 35.9 Å². The molecule has 2 amide bonds. The van der Waals surface area contributed by atoms with E-state index in [9.17, 15) is 18.2 Å². The van der Waals surface area contributed by atoms with Crippen LogP contribution in [-0.2, 0) is 21.3 Å². The summed E-state index contributed by atoms with van der Waals surface area (Å²) in [6.07, 6.45) is 1.07.